The number of benzene rings is 1. The van der Waals surface area contributed by atoms with Crippen molar-refractivity contribution in [2.24, 2.45) is 11.7 Å². The van der Waals surface area contributed by atoms with Gasteiger partial charge in [-0.05, 0) is 62.8 Å². The molecule has 0 bridgehead atoms. The lowest BCUT2D eigenvalue weighted by Gasteiger charge is -2.33. The van der Waals surface area contributed by atoms with Crippen LogP contribution in [0.25, 0.3) is 0 Å². The van der Waals surface area contributed by atoms with Crippen molar-refractivity contribution >= 4 is 15.9 Å². The quantitative estimate of drug-likeness (QED) is 0.826. The fourth-order valence-electron chi connectivity index (χ4n) is 3.71. The van der Waals surface area contributed by atoms with Crippen molar-refractivity contribution in [3.05, 3.63) is 30.1 Å². The maximum absolute atomic E-state index is 13.1. The molecule has 1 atom stereocenters. The monoisotopic (exact) mass is 383 g/mol. The minimum atomic E-state index is -3.72. The third-order valence-corrected chi connectivity index (χ3v) is 7.20. The van der Waals surface area contributed by atoms with Crippen LogP contribution in [0.3, 0.4) is 0 Å². The molecule has 1 unspecified atom stereocenters. The zero-order valence-corrected chi connectivity index (χ0v) is 15.6. The molecule has 0 spiro atoms. The highest BCUT2D eigenvalue weighted by Crippen LogP contribution is 2.25. The lowest BCUT2D eigenvalue weighted by Crippen LogP contribution is -2.48. The summed E-state index contributed by atoms with van der Waals surface area (Å²) in [5.41, 5.74) is 5.89. The number of halogens is 1. The Bertz CT molecular complexity index is 731. The smallest absolute Gasteiger partial charge is 0.243 e. The number of amides is 1. The van der Waals surface area contributed by atoms with Crippen LogP contribution in [0, 0.1) is 11.7 Å². The second-order valence-corrected chi connectivity index (χ2v) is 9.21. The molecule has 3 N–H and O–H groups in total. The van der Waals surface area contributed by atoms with Gasteiger partial charge in [-0.2, -0.15) is 4.31 Å². The first-order valence-corrected chi connectivity index (χ1v) is 10.6. The molecule has 1 saturated carbocycles. The lowest BCUT2D eigenvalue weighted by atomic mass is 9.91. The number of carbonyl (C=O) groups is 1. The summed E-state index contributed by atoms with van der Waals surface area (Å²) in [4.78, 5) is 12.6. The molecule has 1 aliphatic carbocycles. The number of hydrogen-bond donors (Lipinski definition) is 2. The number of rotatable bonds is 4. The third kappa shape index (κ3) is 4.42. The van der Waals surface area contributed by atoms with E-state index >= 15 is 0 Å². The van der Waals surface area contributed by atoms with E-state index in [0.29, 0.717) is 19.4 Å². The molecule has 1 aliphatic heterocycles. The molecule has 26 heavy (non-hydrogen) atoms. The Kier molecular flexibility index (Phi) is 5.94. The van der Waals surface area contributed by atoms with Crippen LogP contribution < -0.4 is 11.1 Å². The summed E-state index contributed by atoms with van der Waals surface area (Å²) in [7, 11) is -3.72. The van der Waals surface area contributed by atoms with Gasteiger partial charge in [0.1, 0.15) is 5.82 Å². The van der Waals surface area contributed by atoms with Crippen molar-refractivity contribution in [3.8, 4) is 0 Å². The second-order valence-electron chi connectivity index (χ2n) is 7.28. The van der Waals surface area contributed by atoms with Crippen LogP contribution in [0.4, 0.5) is 4.39 Å². The van der Waals surface area contributed by atoms with Gasteiger partial charge in [0.25, 0.3) is 0 Å². The molecule has 8 heteroatoms. The molecular formula is C18H26FN3O3S. The standard InChI is InChI=1S/C18H26FN3O3S/c19-14-3-9-17(10-4-14)26(24,25)22-11-1-2-13(12-22)18(23)21-16-7-5-15(20)6-8-16/h3-4,9-10,13,15-16H,1-2,5-8,11-12,20H2,(H,21,23). The second kappa shape index (κ2) is 8.02. The molecule has 1 saturated heterocycles. The van der Waals surface area contributed by atoms with Crippen LogP contribution in [0.2, 0.25) is 0 Å². The molecule has 2 aliphatic rings. The highest BCUT2D eigenvalue weighted by Gasteiger charge is 2.34. The Balaban J connectivity index is 1.63. The predicted octanol–water partition coefficient (Wildman–Crippen LogP) is 1.61. The number of piperidine rings is 1. The first-order chi connectivity index (χ1) is 12.4. The van der Waals surface area contributed by atoms with Gasteiger partial charge in [-0.1, -0.05) is 0 Å². The normalized spacial score (nSPS) is 27.8. The van der Waals surface area contributed by atoms with Crippen LogP contribution in [-0.4, -0.2) is 43.8 Å². The van der Waals surface area contributed by atoms with E-state index in [2.05, 4.69) is 5.32 Å². The van der Waals surface area contributed by atoms with Crippen molar-refractivity contribution in [2.45, 2.75) is 55.5 Å². The van der Waals surface area contributed by atoms with E-state index in [9.17, 15) is 17.6 Å². The van der Waals surface area contributed by atoms with Gasteiger partial charge in [0, 0.05) is 25.2 Å². The summed E-state index contributed by atoms with van der Waals surface area (Å²) in [5.74, 6) is -0.911. The highest BCUT2D eigenvalue weighted by molar-refractivity contribution is 7.89. The molecule has 0 aromatic heterocycles. The zero-order valence-electron chi connectivity index (χ0n) is 14.7. The number of nitrogens with two attached hydrogens (primary N) is 1. The van der Waals surface area contributed by atoms with E-state index in [1.807, 2.05) is 0 Å². The van der Waals surface area contributed by atoms with Gasteiger partial charge in [0.2, 0.25) is 15.9 Å². The Morgan fingerprint density at radius 3 is 2.42 bits per heavy atom. The minimum absolute atomic E-state index is 0.0567. The molecule has 1 aromatic carbocycles. The average molecular weight is 383 g/mol. The van der Waals surface area contributed by atoms with Gasteiger partial charge in [0.15, 0.2) is 0 Å². The highest BCUT2D eigenvalue weighted by atomic mass is 32.2. The predicted molar refractivity (Wildman–Crippen MR) is 96.3 cm³/mol. The molecule has 1 aromatic rings. The zero-order chi connectivity index (χ0) is 18.7. The Morgan fingerprint density at radius 1 is 1.12 bits per heavy atom. The van der Waals surface area contributed by atoms with Gasteiger partial charge >= 0.3 is 0 Å². The molecule has 3 rings (SSSR count). The van der Waals surface area contributed by atoms with Gasteiger partial charge in [0.05, 0.1) is 10.8 Å². The van der Waals surface area contributed by atoms with E-state index in [0.717, 1.165) is 37.8 Å². The molecule has 1 heterocycles. The van der Waals surface area contributed by atoms with Crippen molar-refractivity contribution in [3.63, 3.8) is 0 Å². The molecule has 2 fully saturated rings. The summed E-state index contributed by atoms with van der Waals surface area (Å²) in [5, 5.41) is 3.06. The molecule has 144 valence electrons. The molecule has 1 amide bonds. The van der Waals surface area contributed by atoms with Crippen LogP contribution in [0.15, 0.2) is 29.2 Å². The van der Waals surface area contributed by atoms with Crippen molar-refractivity contribution in [2.75, 3.05) is 13.1 Å². The van der Waals surface area contributed by atoms with Crippen molar-refractivity contribution < 1.29 is 17.6 Å². The fourth-order valence-corrected chi connectivity index (χ4v) is 5.24. The number of nitrogens with zero attached hydrogens (tertiary/aromatic N) is 1. The van der Waals surface area contributed by atoms with E-state index in [1.165, 1.54) is 16.4 Å². The van der Waals surface area contributed by atoms with E-state index < -0.39 is 15.8 Å². The van der Waals surface area contributed by atoms with Gasteiger partial charge < -0.3 is 11.1 Å². The SMILES string of the molecule is NC1CCC(NC(=O)C2CCCN(S(=O)(=O)c3ccc(F)cc3)C2)CC1. The topological polar surface area (TPSA) is 92.5 Å². The maximum atomic E-state index is 13.1. The number of carbonyl (C=O) groups excluding carboxylic acids is 1. The van der Waals surface area contributed by atoms with Crippen LogP contribution >= 0.6 is 0 Å². The summed E-state index contributed by atoms with van der Waals surface area (Å²) < 4.78 is 39.9. The van der Waals surface area contributed by atoms with E-state index in [-0.39, 0.29) is 35.3 Å². The van der Waals surface area contributed by atoms with Gasteiger partial charge in [-0.15, -0.1) is 0 Å². The Hall–Kier alpha value is -1.51. The maximum Gasteiger partial charge on any atom is 0.243 e. The largest absolute Gasteiger partial charge is 0.353 e. The fraction of sp³-hybridized carbons (Fsp3) is 0.611. The number of hydrogen-bond acceptors (Lipinski definition) is 4. The van der Waals surface area contributed by atoms with Crippen LogP contribution in [0.1, 0.15) is 38.5 Å². The van der Waals surface area contributed by atoms with Crippen molar-refractivity contribution in [1.82, 2.24) is 9.62 Å². The summed E-state index contributed by atoms with van der Waals surface area (Å²) in [6.45, 7) is 0.541. The summed E-state index contributed by atoms with van der Waals surface area (Å²) >= 11 is 0. The molecular weight excluding hydrogens is 357 g/mol. The van der Waals surface area contributed by atoms with E-state index in [4.69, 9.17) is 5.73 Å². The molecule has 0 radical (unpaired) electrons. The first-order valence-electron chi connectivity index (χ1n) is 9.18. The van der Waals surface area contributed by atoms with Crippen molar-refractivity contribution in [1.29, 1.82) is 0 Å². The number of nitrogens with one attached hydrogen (secondary N) is 1. The summed E-state index contributed by atoms with van der Waals surface area (Å²) in [6, 6.07) is 5.14. The number of sulfonamides is 1. The summed E-state index contributed by atoms with van der Waals surface area (Å²) in [6.07, 6.45) is 4.86. The lowest BCUT2D eigenvalue weighted by molar-refractivity contribution is -0.127. The van der Waals surface area contributed by atoms with E-state index in [1.54, 1.807) is 0 Å². The van der Waals surface area contributed by atoms with Crippen LogP contribution in [0.5, 0.6) is 0 Å². The van der Waals surface area contributed by atoms with Gasteiger partial charge in [-0.3, -0.25) is 4.79 Å². The minimum Gasteiger partial charge on any atom is -0.353 e. The Morgan fingerprint density at radius 2 is 1.77 bits per heavy atom. The van der Waals surface area contributed by atoms with Crippen LogP contribution in [-0.2, 0) is 14.8 Å². The third-order valence-electron chi connectivity index (χ3n) is 5.32. The first kappa shape index (κ1) is 19.3. The van der Waals surface area contributed by atoms with Gasteiger partial charge in [-0.25, -0.2) is 12.8 Å². The molecule has 6 nitrogen and oxygen atoms in total. The Labute approximate surface area is 154 Å². The average Bonchev–Trinajstić information content (AvgIpc) is 2.64.